The van der Waals surface area contributed by atoms with Gasteiger partial charge in [-0.25, -0.2) is 0 Å². The minimum absolute atomic E-state index is 0.0714. The molecule has 0 spiro atoms. The van der Waals surface area contributed by atoms with E-state index in [-0.39, 0.29) is 18.4 Å². The molecule has 1 amide bonds. The lowest BCUT2D eigenvalue weighted by Crippen LogP contribution is -2.37. The predicted octanol–water partition coefficient (Wildman–Crippen LogP) is 1.13. The lowest BCUT2D eigenvalue weighted by atomic mass is 10.1. The van der Waals surface area contributed by atoms with E-state index in [1.807, 2.05) is 36.4 Å². The summed E-state index contributed by atoms with van der Waals surface area (Å²) < 4.78 is 0. The molecule has 1 unspecified atom stereocenters. The molecule has 0 aliphatic heterocycles. The van der Waals surface area contributed by atoms with Crippen molar-refractivity contribution in [1.82, 2.24) is 4.90 Å². The Morgan fingerprint density at radius 3 is 2.65 bits per heavy atom. The van der Waals surface area contributed by atoms with Gasteiger partial charge < -0.3 is 10.6 Å². The molecule has 0 bridgehead atoms. The summed E-state index contributed by atoms with van der Waals surface area (Å²) in [5, 5.41) is 8.74. The van der Waals surface area contributed by atoms with Gasteiger partial charge in [0.05, 0.1) is 6.07 Å². The molecule has 0 aromatic heterocycles. The average Bonchev–Trinajstić information content (AvgIpc) is 2.37. The molecule has 1 aromatic carbocycles. The Hall–Kier alpha value is -1.86. The smallest absolute Gasteiger partial charge is 0.227 e. The SMILES string of the molecule is CC(CN)C(=O)N(CC#N)Cc1ccccc1. The van der Waals surface area contributed by atoms with Crippen LogP contribution in [0.5, 0.6) is 0 Å². The van der Waals surface area contributed by atoms with Crippen LogP contribution in [-0.4, -0.2) is 23.9 Å². The van der Waals surface area contributed by atoms with Crippen LogP contribution in [-0.2, 0) is 11.3 Å². The van der Waals surface area contributed by atoms with Crippen LogP contribution in [0.25, 0.3) is 0 Å². The first-order chi connectivity index (χ1) is 8.19. The fourth-order valence-electron chi connectivity index (χ4n) is 1.51. The van der Waals surface area contributed by atoms with Crippen molar-refractivity contribution in [3.05, 3.63) is 35.9 Å². The van der Waals surface area contributed by atoms with Crippen molar-refractivity contribution >= 4 is 5.91 Å². The Morgan fingerprint density at radius 2 is 2.12 bits per heavy atom. The van der Waals surface area contributed by atoms with Gasteiger partial charge in [0.15, 0.2) is 0 Å². The van der Waals surface area contributed by atoms with E-state index in [4.69, 9.17) is 11.0 Å². The second-order valence-electron chi connectivity index (χ2n) is 3.97. The Labute approximate surface area is 102 Å². The van der Waals surface area contributed by atoms with Crippen molar-refractivity contribution in [2.75, 3.05) is 13.1 Å². The summed E-state index contributed by atoms with van der Waals surface area (Å²) >= 11 is 0. The van der Waals surface area contributed by atoms with E-state index >= 15 is 0 Å². The summed E-state index contributed by atoms with van der Waals surface area (Å²) in [5.74, 6) is -0.315. The third-order valence-corrected chi connectivity index (χ3v) is 2.56. The topological polar surface area (TPSA) is 70.1 Å². The molecule has 0 saturated carbocycles. The van der Waals surface area contributed by atoms with Gasteiger partial charge in [-0.05, 0) is 5.56 Å². The third kappa shape index (κ3) is 3.89. The van der Waals surface area contributed by atoms with Gasteiger partial charge in [0.2, 0.25) is 5.91 Å². The molecule has 1 aromatic rings. The third-order valence-electron chi connectivity index (χ3n) is 2.56. The van der Waals surface area contributed by atoms with Crippen molar-refractivity contribution in [3.8, 4) is 6.07 Å². The van der Waals surface area contributed by atoms with E-state index in [9.17, 15) is 4.79 Å². The molecule has 17 heavy (non-hydrogen) atoms. The summed E-state index contributed by atoms with van der Waals surface area (Å²) in [6.45, 7) is 2.63. The summed E-state index contributed by atoms with van der Waals surface area (Å²) in [5.41, 5.74) is 6.48. The van der Waals surface area contributed by atoms with Crippen molar-refractivity contribution in [2.24, 2.45) is 11.7 Å². The van der Waals surface area contributed by atoms with Gasteiger partial charge >= 0.3 is 0 Å². The predicted molar refractivity (Wildman–Crippen MR) is 65.7 cm³/mol. The molecular formula is C13H17N3O. The first-order valence-corrected chi connectivity index (χ1v) is 5.58. The summed E-state index contributed by atoms with van der Waals surface area (Å²) in [6, 6.07) is 11.6. The molecular weight excluding hydrogens is 214 g/mol. The van der Waals surface area contributed by atoms with Crippen LogP contribution in [0, 0.1) is 17.2 Å². The molecule has 0 fully saturated rings. The second kappa shape index (κ2) is 6.66. The zero-order chi connectivity index (χ0) is 12.7. The van der Waals surface area contributed by atoms with Crippen LogP contribution in [0.1, 0.15) is 12.5 Å². The Bertz CT molecular complexity index is 397. The number of hydrogen-bond acceptors (Lipinski definition) is 3. The number of nitrogens with zero attached hydrogens (tertiary/aromatic N) is 2. The molecule has 0 saturated heterocycles. The summed E-state index contributed by atoms with van der Waals surface area (Å²) in [7, 11) is 0. The van der Waals surface area contributed by atoms with E-state index in [1.165, 1.54) is 4.90 Å². The van der Waals surface area contributed by atoms with Gasteiger partial charge in [0.1, 0.15) is 6.54 Å². The van der Waals surface area contributed by atoms with Crippen LogP contribution in [0.15, 0.2) is 30.3 Å². The highest BCUT2D eigenvalue weighted by Crippen LogP contribution is 2.08. The first kappa shape index (κ1) is 13.2. The van der Waals surface area contributed by atoms with Crippen LogP contribution < -0.4 is 5.73 Å². The highest BCUT2D eigenvalue weighted by atomic mass is 16.2. The monoisotopic (exact) mass is 231 g/mol. The van der Waals surface area contributed by atoms with E-state index in [2.05, 4.69) is 0 Å². The first-order valence-electron chi connectivity index (χ1n) is 5.58. The van der Waals surface area contributed by atoms with Crippen molar-refractivity contribution in [3.63, 3.8) is 0 Å². The summed E-state index contributed by atoms with van der Waals surface area (Å²) in [6.07, 6.45) is 0. The van der Waals surface area contributed by atoms with Crippen LogP contribution in [0.2, 0.25) is 0 Å². The molecule has 1 rings (SSSR count). The van der Waals surface area contributed by atoms with Gasteiger partial charge in [0.25, 0.3) is 0 Å². The molecule has 90 valence electrons. The number of nitrogens with two attached hydrogens (primary N) is 1. The molecule has 0 aliphatic carbocycles. The minimum atomic E-state index is -0.243. The fourth-order valence-corrected chi connectivity index (χ4v) is 1.51. The van der Waals surface area contributed by atoms with Crippen molar-refractivity contribution < 1.29 is 4.79 Å². The molecule has 0 aliphatic rings. The number of benzene rings is 1. The van der Waals surface area contributed by atoms with Gasteiger partial charge in [-0.15, -0.1) is 0 Å². The maximum absolute atomic E-state index is 12.0. The molecule has 4 nitrogen and oxygen atoms in total. The van der Waals surface area contributed by atoms with E-state index in [1.54, 1.807) is 6.92 Å². The van der Waals surface area contributed by atoms with Crippen LogP contribution >= 0.6 is 0 Å². The maximum atomic E-state index is 12.0. The summed E-state index contributed by atoms with van der Waals surface area (Å²) in [4.78, 5) is 13.5. The number of amides is 1. The molecule has 0 heterocycles. The number of hydrogen-bond donors (Lipinski definition) is 1. The largest absolute Gasteiger partial charge is 0.330 e. The second-order valence-corrected chi connectivity index (χ2v) is 3.97. The van der Waals surface area contributed by atoms with Gasteiger partial charge in [-0.3, -0.25) is 4.79 Å². The van der Waals surface area contributed by atoms with Gasteiger partial charge in [-0.2, -0.15) is 5.26 Å². The zero-order valence-electron chi connectivity index (χ0n) is 9.97. The number of carbonyl (C=O) groups excluding carboxylic acids is 1. The van der Waals surface area contributed by atoms with E-state index in [0.717, 1.165) is 5.56 Å². The number of nitriles is 1. The lowest BCUT2D eigenvalue weighted by Gasteiger charge is -2.22. The molecule has 2 N–H and O–H groups in total. The van der Waals surface area contributed by atoms with E-state index < -0.39 is 0 Å². The minimum Gasteiger partial charge on any atom is -0.330 e. The molecule has 0 radical (unpaired) electrons. The lowest BCUT2D eigenvalue weighted by molar-refractivity contribution is -0.134. The van der Waals surface area contributed by atoms with E-state index in [0.29, 0.717) is 13.1 Å². The molecule has 1 atom stereocenters. The fraction of sp³-hybridized carbons (Fsp3) is 0.385. The highest BCUT2D eigenvalue weighted by Gasteiger charge is 2.19. The Balaban J connectivity index is 2.74. The normalized spacial score (nSPS) is 11.6. The molecule has 4 heteroatoms. The van der Waals surface area contributed by atoms with Gasteiger partial charge in [-0.1, -0.05) is 37.3 Å². The quantitative estimate of drug-likeness (QED) is 0.772. The number of carbonyl (C=O) groups is 1. The Morgan fingerprint density at radius 1 is 1.47 bits per heavy atom. The standard InChI is InChI=1S/C13H17N3O/c1-11(9-15)13(17)16(8-7-14)10-12-5-3-2-4-6-12/h2-6,11H,8-10,15H2,1H3. The van der Waals surface area contributed by atoms with Crippen LogP contribution in [0.3, 0.4) is 0 Å². The number of rotatable bonds is 5. The zero-order valence-corrected chi connectivity index (χ0v) is 9.97. The average molecular weight is 231 g/mol. The van der Waals surface area contributed by atoms with Crippen LogP contribution in [0.4, 0.5) is 0 Å². The maximum Gasteiger partial charge on any atom is 0.227 e. The van der Waals surface area contributed by atoms with Crippen molar-refractivity contribution in [1.29, 1.82) is 5.26 Å². The van der Waals surface area contributed by atoms with Crippen molar-refractivity contribution in [2.45, 2.75) is 13.5 Å². The van der Waals surface area contributed by atoms with Gasteiger partial charge in [0, 0.05) is 19.0 Å². The highest BCUT2D eigenvalue weighted by molar-refractivity contribution is 5.78. The Kier molecular flexibility index (Phi) is 5.18.